The number of carbonyl (C=O) groups is 3. The maximum absolute atomic E-state index is 12.8. The lowest BCUT2D eigenvalue weighted by Gasteiger charge is -2.28. The molecule has 1 saturated heterocycles. The molecule has 1 aromatic carbocycles. The highest BCUT2D eigenvalue weighted by Gasteiger charge is 2.37. The Kier molecular flexibility index (Phi) is 12.2. The van der Waals surface area contributed by atoms with Crippen molar-refractivity contribution in [1.82, 2.24) is 10.2 Å². The number of rotatable bonds is 13. The first-order valence-corrected chi connectivity index (χ1v) is 10.6. The minimum Gasteiger partial charge on any atom is -0.480 e. The molecule has 0 aromatic heterocycles. The molecule has 1 aliphatic rings. The molecule has 0 radical (unpaired) electrons. The zero-order chi connectivity index (χ0) is 23.5. The molecule has 11 nitrogen and oxygen atoms in total. The van der Waals surface area contributed by atoms with Gasteiger partial charge in [0.2, 0.25) is 5.91 Å². The maximum atomic E-state index is 12.8. The molecule has 2 N–H and O–H groups in total. The largest absolute Gasteiger partial charge is 0.480 e. The second-order valence-corrected chi connectivity index (χ2v) is 7.57. The molecule has 3 unspecified atom stereocenters. The highest BCUT2D eigenvalue weighted by atomic mass is 35.5. The summed E-state index contributed by atoms with van der Waals surface area (Å²) in [5, 5.41) is 21.6. The zero-order valence-corrected chi connectivity index (χ0v) is 19.2. The van der Waals surface area contributed by atoms with Crippen LogP contribution < -0.4 is 5.32 Å². The molecule has 0 saturated carbocycles. The van der Waals surface area contributed by atoms with E-state index in [4.69, 9.17) is 4.74 Å². The number of benzene rings is 1. The van der Waals surface area contributed by atoms with E-state index in [0.717, 1.165) is 5.56 Å². The molecule has 0 spiro atoms. The SMILES string of the molecule is CC(NC(CCc1ccccc1)C(=O)OCCCO[N+](=O)[O-])C(=O)N1CCCC1C(=O)O.Cl. The Hall–Kier alpha value is -2.92. The summed E-state index contributed by atoms with van der Waals surface area (Å²) in [4.78, 5) is 52.6. The van der Waals surface area contributed by atoms with Gasteiger partial charge in [0.1, 0.15) is 12.1 Å². The number of halogens is 1. The molecule has 1 aliphatic heterocycles. The van der Waals surface area contributed by atoms with E-state index in [-0.39, 0.29) is 37.9 Å². The monoisotopic (exact) mass is 487 g/mol. The normalized spacial score (nSPS) is 16.9. The minimum absolute atomic E-state index is 0. The lowest BCUT2D eigenvalue weighted by atomic mass is 10.0. The van der Waals surface area contributed by atoms with Crippen molar-refractivity contribution in [1.29, 1.82) is 0 Å². The van der Waals surface area contributed by atoms with E-state index in [1.807, 2.05) is 30.3 Å². The number of carbonyl (C=O) groups excluding carboxylic acids is 2. The van der Waals surface area contributed by atoms with Crippen LogP contribution in [-0.2, 0) is 30.4 Å². The molecular formula is C21H30ClN3O8. The van der Waals surface area contributed by atoms with Crippen molar-refractivity contribution < 1.29 is 34.2 Å². The third-order valence-electron chi connectivity index (χ3n) is 5.22. The summed E-state index contributed by atoms with van der Waals surface area (Å²) in [6.45, 7) is 1.69. The molecule has 0 bridgehead atoms. The van der Waals surface area contributed by atoms with Gasteiger partial charge in [-0.2, -0.15) is 0 Å². The van der Waals surface area contributed by atoms with Crippen LogP contribution in [0.2, 0.25) is 0 Å². The quantitative estimate of drug-likeness (QED) is 0.183. The fourth-order valence-electron chi connectivity index (χ4n) is 3.61. The Bertz CT molecular complexity index is 795. The van der Waals surface area contributed by atoms with E-state index >= 15 is 0 Å². The van der Waals surface area contributed by atoms with Crippen LogP contribution in [0.15, 0.2) is 30.3 Å². The van der Waals surface area contributed by atoms with Gasteiger partial charge in [0, 0.05) is 13.0 Å². The van der Waals surface area contributed by atoms with Crippen molar-refractivity contribution in [2.45, 2.75) is 57.2 Å². The van der Waals surface area contributed by atoms with Crippen molar-refractivity contribution in [3.05, 3.63) is 46.0 Å². The van der Waals surface area contributed by atoms with Gasteiger partial charge in [0.25, 0.3) is 5.09 Å². The summed E-state index contributed by atoms with van der Waals surface area (Å²) < 4.78 is 5.22. The third kappa shape index (κ3) is 9.22. The minimum atomic E-state index is -1.04. The van der Waals surface area contributed by atoms with Gasteiger partial charge in [-0.25, -0.2) is 4.79 Å². The first-order valence-electron chi connectivity index (χ1n) is 10.6. The highest BCUT2D eigenvalue weighted by Crippen LogP contribution is 2.19. The van der Waals surface area contributed by atoms with E-state index in [9.17, 15) is 29.6 Å². The van der Waals surface area contributed by atoms with Crippen LogP contribution in [0, 0.1) is 10.1 Å². The molecule has 1 amide bonds. The molecule has 33 heavy (non-hydrogen) atoms. The molecule has 0 aliphatic carbocycles. The number of aryl methyl sites for hydroxylation is 1. The topological polar surface area (TPSA) is 148 Å². The van der Waals surface area contributed by atoms with Crippen molar-refractivity contribution >= 4 is 30.3 Å². The van der Waals surface area contributed by atoms with Gasteiger partial charge < -0.3 is 19.6 Å². The van der Waals surface area contributed by atoms with E-state index in [1.54, 1.807) is 6.92 Å². The van der Waals surface area contributed by atoms with Gasteiger partial charge in [0.05, 0.1) is 19.3 Å². The van der Waals surface area contributed by atoms with E-state index in [2.05, 4.69) is 10.2 Å². The number of ether oxygens (including phenoxy) is 1. The highest BCUT2D eigenvalue weighted by molar-refractivity contribution is 5.88. The zero-order valence-electron chi connectivity index (χ0n) is 18.4. The number of carboxylic acids is 1. The summed E-state index contributed by atoms with van der Waals surface area (Å²) in [6.07, 6.45) is 2.08. The third-order valence-corrected chi connectivity index (χ3v) is 5.22. The molecular weight excluding hydrogens is 458 g/mol. The van der Waals surface area contributed by atoms with Crippen LogP contribution in [0.4, 0.5) is 0 Å². The number of aliphatic carboxylic acids is 1. The number of hydrogen-bond donors (Lipinski definition) is 2. The first-order chi connectivity index (χ1) is 15.3. The number of likely N-dealkylation sites (tertiary alicyclic amines) is 1. The average molecular weight is 488 g/mol. The van der Waals surface area contributed by atoms with Crippen molar-refractivity contribution in [2.24, 2.45) is 0 Å². The Morgan fingerprint density at radius 1 is 1.27 bits per heavy atom. The van der Waals surface area contributed by atoms with Crippen molar-refractivity contribution in [3.8, 4) is 0 Å². The number of nitrogens with one attached hydrogen (secondary N) is 1. The fraction of sp³-hybridized carbons (Fsp3) is 0.571. The number of nitrogens with zero attached hydrogens (tertiary/aromatic N) is 2. The van der Waals surface area contributed by atoms with E-state index in [1.165, 1.54) is 4.90 Å². The fourth-order valence-corrected chi connectivity index (χ4v) is 3.61. The van der Waals surface area contributed by atoms with Crippen LogP contribution in [-0.4, -0.2) is 70.8 Å². The Balaban J connectivity index is 0.00000544. The maximum Gasteiger partial charge on any atom is 0.326 e. The van der Waals surface area contributed by atoms with Crippen LogP contribution in [0.1, 0.15) is 38.2 Å². The Morgan fingerprint density at radius 3 is 2.61 bits per heavy atom. The average Bonchev–Trinajstić information content (AvgIpc) is 3.26. The predicted molar refractivity (Wildman–Crippen MR) is 119 cm³/mol. The van der Waals surface area contributed by atoms with Gasteiger partial charge in [-0.05, 0) is 38.2 Å². The van der Waals surface area contributed by atoms with E-state index in [0.29, 0.717) is 32.2 Å². The summed E-state index contributed by atoms with van der Waals surface area (Å²) >= 11 is 0. The Labute approximate surface area is 197 Å². The van der Waals surface area contributed by atoms with Gasteiger partial charge >= 0.3 is 11.9 Å². The number of esters is 1. The molecule has 1 fully saturated rings. The number of carboxylic acid groups (broad SMARTS) is 1. The number of hydrogen-bond acceptors (Lipinski definition) is 8. The smallest absolute Gasteiger partial charge is 0.326 e. The second-order valence-electron chi connectivity index (χ2n) is 7.57. The van der Waals surface area contributed by atoms with Crippen molar-refractivity contribution in [3.63, 3.8) is 0 Å². The molecule has 184 valence electrons. The van der Waals surface area contributed by atoms with Gasteiger partial charge in [0.15, 0.2) is 0 Å². The summed E-state index contributed by atoms with van der Waals surface area (Å²) in [7, 11) is 0. The van der Waals surface area contributed by atoms with Crippen LogP contribution in [0.5, 0.6) is 0 Å². The van der Waals surface area contributed by atoms with Crippen LogP contribution >= 0.6 is 12.4 Å². The second kappa shape index (κ2) is 14.3. The van der Waals surface area contributed by atoms with Crippen LogP contribution in [0.25, 0.3) is 0 Å². The van der Waals surface area contributed by atoms with Crippen LogP contribution in [0.3, 0.4) is 0 Å². The van der Waals surface area contributed by atoms with Gasteiger partial charge in [-0.3, -0.25) is 14.9 Å². The van der Waals surface area contributed by atoms with Crippen molar-refractivity contribution in [2.75, 3.05) is 19.8 Å². The van der Waals surface area contributed by atoms with Gasteiger partial charge in [-0.1, -0.05) is 30.3 Å². The number of amides is 1. The first kappa shape index (κ1) is 28.1. The lowest BCUT2D eigenvalue weighted by molar-refractivity contribution is -0.757. The predicted octanol–water partition coefficient (Wildman–Crippen LogP) is 1.60. The molecule has 1 heterocycles. The molecule has 2 rings (SSSR count). The summed E-state index contributed by atoms with van der Waals surface area (Å²) in [5.74, 6) is -2.01. The Morgan fingerprint density at radius 2 is 1.97 bits per heavy atom. The van der Waals surface area contributed by atoms with E-state index < -0.39 is 35.2 Å². The standard InChI is InChI=1S/C21H29N3O8.ClH/c1-15(19(25)23-12-5-9-18(23)20(26)27)22-17(11-10-16-7-3-2-4-8-16)21(28)31-13-6-14-32-24(29)30;/h2-4,7-8,15,17-18,22H,5-6,9-14H2,1H3,(H,26,27);1H. The van der Waals surface area contributed by atoms with Gasteiger partial charge in [-0.15, -0.1) is 22.5 Å². The molecule has 1 aromatic rings. The summed E-state index contributed by atoms with van der Waals surface area (Å²) in [5.41, 5.74) is 1.01. The lowest BCUT2D eigenvalue weighted by Crippen LogP contribution is -2.53. The molecule has 12 heteroatoms. The molecule has 3 atom stereocenters. The summed E-state index contributed by atoms with van der Waals surface area (Å²) in [6, 6.07) is 7.05.